The fraction of sp³-hybridized carbons (Fsp3) is 0.250. The average molecular weight is 283 g/mol. The summed E-state index contributed by atoms with van der Waals surface area (Å²) in [6, 6.07) is 3.46. The van der Waals surface area contributed by atoms with Crippen LogP contribution in [0.4, 0.5) is 8.78 Å². The first-order chi connectivity index (χ1) is 5.63. The van der Waals surface area contributed by atoms with Crippen LogP contribution < -0.4 is 3.53 Å². The zero-order chi connectivity index (χ0) is 9.14. The molecule has 0 heterocycles. The van der Waals surface area contributed by atoms with E-state index in [-0.39, 0.29) is 6.04 Å². The molecule has 0 aliphatic heterocycles. The first kappa shape index (κ1) is 9.85. The second kappa shape index (κ2) is 4.13. The van der Waals surface area contributed by atoms with E-state index in [9.17, 15) is 8.78 Å². The number of halogens is 3. The third-order valence-corrected chi connectivity index (χ3v) is 2.48. The van der Waals surface area contributed by atoms with Crippen molar-refractivity contribution in [3.05, 3.63) is 35.4 Å². The van der Waals surface area contributed by atoms with E-state index < -0.39 is 11.6 Å². The van der Waals surface area contributed by atoms with Crippen LogP contribution in [-0.4, -0.2) is 0 Å². The van der Waals surface area contributed by atoms with E-state index in [0.29, 0.717) is 5.56 Å². The third-order valence-electron chi connectivity index (χ3n) is 1.55. The van der Waals surface area contributed by atoms with Crippen molar-refractivity contribution in [3.63, 3.8) is 0 Å². The van der Waals surface area contributed by atoms with Crippen LogP contribution in [0.1, 0.15) is 18.5 Å². The highest BCUT2D eigenvalue weighted by atomic mass is 127. The number of rotatable bonds is 2. The fourth-order valence-electron chi connectivity index (χ4n) is 0.888. The Labute approximate surface area is 83.7 Å². The van der Waals surface area contributed by atoms with Crippen LogP contribution in [0.2, 0.25) is 0 Å². The van der Waals surface area contributed by atoms with Gasteiger partial charge in [-0.25, -0.2) is 8.78 Å². The molecule has 1 unspecified atom stereocenters. The molecule has 0 aliphatic rings. The molecule has 0 radical (unpaired) electrons. The fourth-order valence-corrected chi connectivity index (χ4v) is 1.25. The highest BCUT2D eigenvalue weighted by Gasteiger charge is 2.06. The molecule has 0 bridgehead atoms. The number of benzene rings is 1. The summed E-state index contributed by atoms with van der Waals surface area (Å²) in [5.74, 6) is -1.08. The highest BCUT2D eigenvalue weighted by molar-refractivity contribution is 14.1. The second-order valence-corrected chi connectivity index (χ2v) is 3.16. The van der Waals surface area contributed by atoms with Crippen molar-refractivity contribution in [3.8, 4) is 0 Å². The number of hydrogen-bond donors (Lipinski definition) is 1. The van der Waals surface area contributed by atoms with Crippen molar-refractivity contribution in [2.45, 2.75) is 13.0 Å². The van der Waals surface area contributed by atoms with E-state index in [1.807, 2.05) is 29.8 Å². The summed E-state index contributed by atoms with van der Waals surface area (Å²) >= 11 is 1.95. The molecule has 1 rings (SSSR count). The molecule has 1 aromatic rings. The lowest BCUT2D eigenvalue weighted by Gasteiger charge is -2.08. The third kappa shape index (κ3) is 2.38. The molecule has 1 nitrogen and oxygen atoms in total. The Hall–Kier alpha value is -0.230. The van der Waals surface area contributed by atoms with Crippen LogP contribution in [-0.2, 0) is 0 Å². The monoisotopic (exact) mass is 283 g/mol. The van der Waals surface area contributed by atoms with Gasteiger partial charge in [-0.2, -0.15) is 0 Å². The van der Waals surface area contributed by atoms with E-state index in [2.05, 4.69) is 3.53 Å². The van der Waals surface area contributed by atoms with Crippen LogP contribution in [0, 0.1) is 11.6 Å². The van der Waals surface area contributed by atoms with Crippen LogP contribution >= 0.6 is 22.9 Å². The van der Waals surface area contributed by atoms with E-state index in [1.165, 1.54) is 12.1 Å². The van der Waals surface area contributed by atoms with Gasteiger partial charge in [0.25, 0.3) is 0 Å². The summed E-state index contributed by atoms with van der Waals surface area (Å²) in [6.07, 6.45) is 0. The summed E-state index contributed by atoms with van der Waals surface area (Å²) in [5.41, 5.74) is 0.613. The Morgan fingerprint density at radius 1 is 1.25 bits per heavy atom. The van der Waals surface area contributed by atoms with Crippen molar-refractivity contribution >= 4 is 22.9 Å². The van der Waals surface area contributed by atoms with Crippen molar-refractivity contribution in [1.82, 2.24) is 3.53 Å². The molecule has 0 fully saturated rings. The molecular formula is C8H8F2IN. The second-order valence-electron chi connectivity index (χ2n) is 2.53. The predicted octanol–water partition coefficient (Wildman–Crippen LogP) is 2.97. The van der Waals surface area contributed by atoms with Gasteiger partial charge in [0.2, 0.25) is 0 Å². The molecule has 0 amide bonds. The molecule has 4 heteroatoms. The van der Waals surface area contributed by atoms with Gasteiger partial charge < -0.3 is 0 Å². The lowest BCUT2D eigenvalue weighted by molar-refractivity contribution is 0.575. The zero-order valence-corrected chi connectivity index (χ0v) is 8.60. The quantitative estimate of drug-likeness (QED) is 0.650. The van der Waals surface area contributed by atoms with Crippen LogP contribution in [0.15, 0.2) is 18.2 Å². The molecule has 0 spiro atoms. The van der Waals surface area contributed by atoms with E-state index >= 15 is 0 Å². The molecular weight excluding hydrogens is 275 g/mol. The number of hydrogen-bond acceptors (Lipinski definition) is 1. The normalized spacial score (nSPS) is 13.0. The first-order valence-corrected chi connectivity index (χ1v) is 4.53. The molecule has 66 valence electrons. The van der Waals surface area contributed by atoms with Gasteiger partial charge in [0, 0.05) is 35.0 Å². The minimum absolute atomic E-state index is 0.0456. The van der Waals surface area contributed by atoms with Gasteiger partial charge in [0.05, 0.1) is 0 Å². The smallest absolute Gasteiger partial charge is 0.126 e. The van der Waals surface area contributed by atoms with Crippen LogP contribution in [0.5, 0.6) is 0 Å². The molecule has 1 aromatic carbocycles. The highest BCUT2D eigenvalue weighted by Crippen LogP contribution is 2.16. The maximum atomic E-state index is 12.7. The zero-order valence-electron chi connectivity index (χ0n) is 6.44. The lowest BCUT2D eigenvalue weighted by Crippen LogP contribution is -2.06. The van der Waals surface area contributed by atoms with Gasteiger partial charge in [-0.1, -0.05) is 0 Å². The SMILES string of the molecule is CC(NI)c1cc(F)cc(F)c1. The van der Waals surface area contributed by atoms with E-state index in [4.69, 9.17) is 0 Å². The summed E-state index contributed by atoms with van der Waals surface area (Å²) in [6.45, 7) is 1.83. The van der Waals surface area contributed by atoms with Gasteiger partial charge in [0.15, 0.2) is 0 Å². The standard InChI is InChI=1S/C8H8F2IN/c1-5(12-11)6-2-7(9)4-8(10)3-6/h2-5,12H,1H3. The first-order valence-electron chi connectivity index (χ1n) is 3.45. The summed E-state index contributed by atoms with van der Waals surface area (Å²) in [4.78, 5) is 0. The summed E-state index contributed by atoms with van der Waals surface area (Å²) < 4.78 is 28.2. The van der Waals surface area contributed by atoms with Gasteiger partial charge in [-0.3, -0.25) is 3.53 Å². The summed E-state index contributed by atoms with van der Waals surface area (Å²) in [5, 5.41) is 0. The Morgan fingerprint density at radius 3 is 2.17 bits per heavy atom. The maximum absolute atomic E-state index is 12.7. The molecule has 0 aromatic heterocycles. The molecule has 1 atom stereocenters. The molecule has 0 saturated carbocycles. The lowest BCUT2D eigenvalue weighted by atomic mass is 10.1. The Balaban J connectivity index is 3.00. The summed E-state index contributed by atoms with van der Waals surface area (Å²) in [7, 11) is 0. The molecule has 1 N–H and O–H groups in total. The van der Waals surface area contributed by atoms with E-state index in [1.54, 1.807) is 0 Å². The molecule has 0 aliphatic carbocycles. The van der Waals surface area contributed by atoms with E-state index in [0.717, 1.165) is 6.07 Å². The average Bonchev–Trinajstić information content (AvgIpc) is 2.01. The van der Waals surface area contributed by atoms with Crippen molar-refractivity contribution in [2.24, 2.45) is 0 Å². The maximum Gasteiger partial charge on any atom is 0.126 e. The topological polar surface area (TPSA) is 12.0 Å². The van der Waals surface area contributed by atoms with Crippen LogP contribution in [0.3, 0.4) is 0 Å². The Kier molecular flexibility index (Phi) is 3.39. The predicted molar refractivity (Wildman–Crippen MR) is 51.9 cm³/mol. The van der Waals surface area contributed by atoms with Crippen molar-refractivity contribution in [1.29, 1.82) is 0 Å². The minimum atomic E-state index is -0.538. The Morgan fingerprint density at radius 2 is 1.75 bits per heavy atom. The van der Waals surface area contributed by atoms with Crippen molar-refractivity contribution in [2.75, 3.05) is 0 Å². The van der Waals surface area contributed by atoms with Gasteiger partial charge in [-0.05, 0) is 24.6 Å². The van der Waals surface area contributed by atoms with Gasteiger partial charge >= 0.3 is 0 Å². The largest absolute Gasteiger partial charge is 0.254 e. The Bertz CT molecular complexity index is 258. The van der Waals surface area contributed by atoms with Gasteiger partial charge in [-0.15, -0.1) is 0 Å². The van der Waals surface area contributed by atoms with Gasteiger partial charge in [0.1, 0.15) is 11.6 Å². The van der Waals surface area contributed by atoms with Crippen LogP contribution in [0.25, 0.3) is 0 Å². The molecule has 0 saturated heterocycles. The molecule has 12 heavy (non-hydrogen) atoms. The van der Waals surface area contributed by atoms with Crippen molar-refractivity contribution < 1.29 is 8.78 Å². The minimum Gasteiger partial charge on any atom is -0.254 e. The number of nitrogens with one attached hydrogen (secondary N) is 1.